The van der Waals surface area contributed by atoms with Crippen LogP contribution in [-0.2, 0) is 6.42 Å². The first-order valence-electron chi connectivity index (χ1n) is 8.91. The Bertz CT molecular complexity index is 1070. The Hall–Kier alpha value is -3.53. The van der Waals surface area contributed by atoms with Gasteiger partial charge in [0.1, 0.15) is 11.4 Å². The van der Waals surface area contributed by atoms with Gasteiger partial charge in [-0.05, 0) is 24.6 Å². The molecule has 0 radical (unpaired) electrons. The number of aromatic nitrogens is 1. The van der Waals surface area contributed by atoms with Gasteiger partial charge < -0.3 is 9.47 Å². The lowest BCUT2D eigenvalue weighted by Gasteiger charge is -2.11. The van der Waals surface area contributed by atoms with Crippen LogP contribution in [0.5, 0.6) is 11.5 Å². The van der Waals surface area contributed by atoms with Gasteiger partial charge in [-0.15, -0.1) is 11.3 Å². The first-order valence-corrected chi connectivity index (χ1v) is 9.72. The fourth-order valence-corrected chi connectivity index (χ4v) is 3.57. The quantitative estimate of drug-likeness (QED) is 0.418. The van der Waals surface area contributed by atoms with E-state index in [0.717, 1.165) is 16.5 Å². The standard InChI is InChI=1S/C20H18FN3O5S/c1-3-29-18-9-15(16(24(26)27)10-17(18)28-2)19(25)23-20-22-11-14(30-20)8-12-4-6-13(21)7-5-12/h4-7,9-11H,3,8H2,1-2H3,(H,22,23,25). The molecule has 0 bridgehead atoms. The van der Waals surface area contributed by atoms with Gasteiger partial charge in [-0.3, -0.25) is 20.2 Å². The molecular formula is C20H18FN3O5S. The van der Waals surface area contributed by atoms with Gasteiger partial charge in [0, 0.05) is 23.6 Å². The Morgan fingerprint density at radius 3 is 2.63 bits per heavy atom. The number of hydrogen-bond acceptors (Lipinski definition) is 7. The minimum Gasteiger partial charge on any atom is -0.493 e. The number of halogens is 1. The van der Waals surface area contributed by atoms with Crippen molar-refractivity contribution in [3.8, 4) is 11.5 Å². The van der Waals surface area contributed by atoms with Crippen molar-refractivity contribution in [3.63, 3.8) is 0 Å². The van der Waals surface area contributed by atoms with Crippen molar-refractivity contribution < 1.29 is 23.6 Å². The summed E-state index contributed by atoms with van der Waals surface area (Å²) in [6.45, 7) is 2.05. The molecule has 0 saturated carbocycles. The van der Waals surface area contributed by atoms with Crippen LogP contribution < -0.4 is 14.8 Å². The summed E-state index contributed by atoms with van der Waals surface area (Å²) in [5.74, 6) is -0.612. The number of benzene rings is 2. The van der Waals surface area contributed by atoms with Crippen molar-refractivity contribution in [2.24, 2.45) is 0 Å². The lowest BCUT2D eigenvalue weighted by molar-refractivity contribution is -0.385. The monoisotopic (exact) mass is 431 g/mol. The van der Waals surface area contributed by atoms with Crippen LogP contribution in [-0.4, -0.2) is 29.5 Å². The van der Waals surface area contributed by atoms with Crippen molar-refractivity contribution in [2.75, 3.05) is 19.0 Å². The molecule has 0 aliphatic carbocycles. The number of thiazole rings is 1. The molecule has 3 rings (SSSR count). The van der Waals surface area contributed by atoms with E-state index in [1.165, 1.54) is 36.6 Å². The van der Waals surface area contributed by atoms with Crippen LogP contribution in [0.2, 0.25) is 0 Å². The number of ether oxygens (including phenoxy) is 2. The highest BCUT2D eigenvalue weighted by Gasteiger charge is 2.25. The predicted molar refractivity (Wildman–Crippen MR) is 110 cm³/mol. The number of carbonyl (C=O) groups is 1. The number of amides is 1. The Labute approximate surface area is 175 Å². The third-order valence-electron chi connectivity index (χ3n) is 4.09. The lowest BCUT2D eigenvalue weighted by atomic mass is 10.1. The molecule has 8 nitrogen and oxygen atoms in total. The van der Waals surface area contributed by atoms with Crippen molar-refractivity contribution in [1.82, 2.24) is 4.98 Å². The fourth-order valence-electron chi connectivity index (χ4n) is 2.72. The maximum atomic E-state index is 13.0. The van der Waals surface area contributed by atoms with Crippen molar-refractivity contribution in [3.05, 3.63) is 74.5 Å². The minimum atomic E-state index is -0.687. The van der Waals surface area contributed by atoms with Gasteiger partial charge >= 0.3 is 0 Å². The molecule has 1 N–H and O–H groups in total. The zero-order valence-corrected chi connectivity index (χ0v) is 17.0. The highest BCUT2D eigenvalue weighted by Crippen LogP contribution is 2.35. The Morgan fingerprint density at radius 2 is 2.00 bits per heavy atom. The summed E-state index contributed by atoms with van der Waals surface area (Å²) < 4.78 is 23.6. The van der Waals surface area contributed by atoms with Gasteiger partial charge in [0.25, 0.3) is 11.6 Å². The van der Waals surface area contributed by atoms with Crippen LogP contribution in [0.15, 0.2) is 42.6 Å². The third kappa shape index (κ3) is 4.90. The molecule has 0 saturated heterocycles. The second kappa shape index (κ2) is 9.31. The number of nitro groups is 1. The van der Waals surface area contributed by atoms with E-state index >= 15 is 0 Å². The first-order chi connectivity index (χ1) is 14.4. The molecule has 0 aliphatic rings. The first kappa shape index (κ1) is 21.2. The van der Waals surface area contributed by atoms with Crippen LogP contribution in [0.25, 0.3) is 0 Å². The van der Waals surface area contributed by atoms with Gasteiger partial charge in [0.2, 0.25) is 0 Å². The normalized spacial score (nSPS) is 10.5. The third-order valence-corrected chi connectivity index (χ3v) is 5.00. The van der Waals surface area contributed by atoms with E-state index in [-0.39, 0.29) is 22.9 Å². The number of nitrogens with zero attached hydrogens (tertiary/aromatic N) is 2. The molecule has 0 unspecified atom stereocenters. The molecular weight excluding hydrogens is 413 g/mol. The number of rotatable bonds is 8. The predicted octanol–water partition coefficient (Wildman–Crippen LogP) is 4.44. The molecule has 0 fully saturated rings. The molecule has 0 aliphatic heterocycles. The number of methoxy groups -OCH3 is 1. The zero-order chi connectivity index (χ0) is 21.7. The number of nitrogens with one attached hydrogen (secondary N) is 1. The number of hydrogen-bond donors (Lipinski definition) is 1. The Balaban J connectivity index is 1.81. The molecule has 2 aromatic carbocycles. The van der Waals surface area contributed by atoms with Gasteiger partial charge in [0.05, 0.1) is 24.7 Å². The molecule has 30 heavy (non-hydrogen) atoms. The van der Waals surface area contributed by atoms with Gasteiger partial charge in [-0.2, -0.15) is 0 Å². The van der Waals surface area contributed by atoms with E-state index in [1.54, 1.807) is 25.3 Å². The number of nitro benzene ring substituents is 1. The average molecular weight is 431 g/mol. The van der Waals surface area contributed by atoms with Crippen LogP contribution in [0.3, 0.4) is 0 Å². The second-order valence-corrected chi connectivity index (χ2v) is 7.21. The minimum absolute atomic E-state index is 0.163. The van der Waals surface area contributed by atoms with Gasteiger partial charge in [0.15, 0.2) is 16.6 Å². The zero-order valence-electron chi connectivity index (χ0n) is 16.2. The molecule has 3 aromatic rings. The maximum absolute atomic E-state index is 13.0. The summed E-state index contributed by atoms with van der Waals surface area (Å²) in [6, 6.07) is 8.52. The van der Waals surface area contributed by atoms with E-state index in [0.29, 0.717) is 18.2 Å². The van der Waals surface area contributed by atoms with Crippen LogP contribution in [0.4, 0.5) is 15.2 Å². The molecule has 1 aromatic heterocycles. The van der Waals surface area contributed by atoms with Crippen LogP contribution in [0, 0.1) is 15.9 Å². The number of anilines is 1. The summed E-state index contributed by atoms with van der Waals surface area (Å²) in [5, 5.41) is 14.3. The molecule has 156 valence electrons. The van der Waals surface area contributed by atoms with Crippen molar-refractivity contribution >= 4 is 28.1 Å². The van der Waals surface area contributed by atoms with Crippen LogP contribution >= 0.6 is 11.3 Å². The Morgan fingerprint density at radius 1 is 1.27 bits per heavy atom. The van der Waals surface area contributed by atoms with Crippen LogP contribution in [0.1, 0.15) is 27.7 Å². The lowest BCUT2D eigenvalue weighted by Crippen LogP contribution is -2.14. The molecule has 0 spiro atoms. The van der Waals surface area contributed by atoms with E-state index in [9.17, 15) is 19.3 Å². The van der Waals surface area contributed by atoms with Gasteiger partial charge in [-0.25, -0.2) is 9.37 Å². The van der Waals surface area contributed by atoms with E-state index in [1.807, 2.05) is 0 Å². The fraction of sp³-hybridized carbons (Fsp3) is 0.200. The summed E-state index contributed by atoms with van der Waals surface area (Å²) in [4.78, 5) is 28.5. The average Bonchev–Trinajstić information content (AvgIpc) is 3.16. The Kier molecular flexibility index (Phi) is 6.58. The molecule has 10 heteroatoms. The van der Waals surface area contributed by atoms with Crippen molar-refractivity contribution in [2.45, 2.75) is 13.3 Å². The van der Waals surface area contributed by atoms with Crippen molar-refractivity contribution in [1.29, 1.82) is 0 Å². The molecule has 1 amide bonds. The van der Waals surface area contributed by atoms with E-state index in [2.05, 4.69) is 10.3 Å². The smallest absolute Gasteiger partial charge is 0.286 e. The summed E-state index contributed by atoms with van der Waals surface area (Å²) in [7, 11) is 1.36. The number of carbonyl (C=O) groups excluding carboxylic acids is 1. The maximum Gasteiger partial charge on any atom is 0.286 e. The summed E-state index contributed by atoms with van der Waals surface area (Å²) in [6.07, 6.45) is 2.11. The molecule has 0 atom stereocenters. The summed E-state index contributed by atoms with van der Waals surface area (Å²) in [5.41, 5.74) is 0.320. The van der Waals surface area contributed by atoms with E-state index in [4.69, 9.17) is 9.47 Å². The van der Waals surface area contributed by atoms with Gasteiger partial charge in [-0.1, -0.05) is 12.1 Å². The second-order valence-electron chi connectivity index (χ2n) is 6.10. The topological polar surface area (TPSA) is 104 Å². The SMILES string of the molecule is CCOc1cc(C(=O)Nc2ncc(Cc3ccc(F)cc3)s2)c([N+](=O)[O-])cc1OC. The summed E-state index contributed by atoms with van der Waals surface area (Å²) >= 11 is 1.23. The largest absolute Gasteiger partial charge is 0.493 e. The molecule has 1 heterocycles. The van der Waals surface area contributed by atoms with E-state index < -0.39 is 16.5 Å². The highest BCUT2D eigenvalue weighted by atomic mass is 32.1. The highest BCUT2D eigenvalue weighted by molar-refractivity contribution is 7.15.